The fourth-order valence-corrected chi connectivity index (χ4v) is 2.53. The molecule has 0 atom stereocenters. The first-order chi connectivity index (χ1) is 10.8. The molecule has 0 bridgehead atoms. The highest BCUT2D eigenvalue weighted by Gasteiger charge is 2.10. The summed E-state index contributed by atoms with van der Waals surface area (Å²) < 4.78 is 0. The summed E-state index contributed by atoms with van der Waals surface area (Å²) in [6.07, 6.45) is 0. The molecule has 0 saturated carbocycles. The van der Waals surface area contributed by atoms with Crippen LogP contribution in [-0.2, 0) is 4.79 Å². The van der Waals surface area contributed by atoms with Gasteiger partial charge in [-0.05, 0) is 49.2 Å². The second-order valence-electron chi connectivity index (χ2n) is 5.16. The van der Waals surface area contributed by atoms with Gasteiger partial charge >= 0.3 is 0 Å². The van der Waals surface area contributed by atoms with Crippen LogP contribution in [0.15, 0.2) is 34.5 Å². The predicted molar refractivity (Wildman–Crippen MR) is 95.3 cm³/mol. The van der Waals surface area contributed by atoms with E-state index in [-0.39, 0.29) is 5.91 Å². The van der Waals surface area contributed by atoms with E-state index in [2.05, 4.69) is 15.5 Å². The minimum Gasteiger partial charge on any atom is -0.399 e. The largest absolute Gasteiger partial charge is 0.399 e. The number of benzene rings is 2. The molecule has 23 heavy (non-hydrogen) atoms. The van der Waals surface area contributed by atoms with Gasteiger partial charge in [0, 0.05) is 12.6 Å². The Balaban J connectivity index is 2.34. The number of anilines is 2. The Morgan fingerprint density at radius 2 is 1.65 bits per heavy atom. The molecular weight excluding hydrogens is 335 g/mol. The van der Waals surface area contributed by atoms with E-state index in [9.17, 15) is 4.79 Å². The quantitative estimate of drug-likeness (QED) is 0.560. The Kier molecular flexibility index (Phi) is 5.23. The number of hydrogen-bond donors (Lipinski definition) is 2. The molecular formula is C16H16Cl2N4O. The number of nitrogens with zero attached hydrogens (tertiary/aromatic N) is 2. The number of rotatable bonds is 3. The van der Waals surface area contributed by atoms with Gasteiger partial charge in [-0.2, -0.15) is 10.2 Å². The molecule has 1 amide bonds. The van der Waals surface area contributed by atoms with Crippen LogP contribution in [0.4, 0.5) is 22.7 Å². The first-order valence-corrected chi connectivity index (χ1v) is 7.58. The van der Waals surface area contributed by atoms with Crippen LogP contribution < -0.4 is 11.1 Å². The molecule has 2 rings (SSSR count). The van der Waals surface area contributed by atoms with E-state index in [0.29, 0.717) is 27.1 Å². The van der Waals surface area contributed by atoms with Crippen molar-refractivity contribution in [2.75, 3.05) is 11.1 Å². The SMILES string of the molecule is CC(=O)Nc1c(Cl)cc(N=Nc2cc(C)c(N)cc2C)cc1Cl. The van der Waals surface area contributed by atoms with E-state index in [4.69, 9.17) is 28.9 Å². The van der Waals surface area contributed by atoms with Crippen LogP contribution in [0.5, 0.6) is 0 Å². The average Bonchev–Trinajstić information content (AvgIpc) is 2.45. The molecule has 0 aliphatic carbocycles. The number of azo groups is 1. The Morgan fingerprint density at radius 1 is 1.04 bits per heavy atom. The summed E-state index contributed by atoms with van der Waals surface area (Å²) in [5.41, 5.74) is 9.99. The standard InChI is InChI=1S/C16H16Cl2N4O/c1-8-5-15(9(2)4-14(8)19)22-21-11-6-12(17)16(13(18)7-11)20-10(3)23/h4-7H,19H2,1-3H3,(H,20,23). The van der Waals surface area contributed by atoms with Crippen molar-refractivity contribution in [1.29, 1.82) is 0 Å². The van der Waals surface area contributed by atoms with Gasteiger partial charge in [0.1, 0.15) is 0 Å². The Labute approximate surface area is 144 Å². The number of carbonyl (C=O) groups is 1. The van der Waals surface area contributed by atoms with Gasteiger partial charge in [-0.3, -0.25) is 4.79 Å². The monoisotopic (exact) mass is 350 g/mol. The third kappa shape index (κ3) is 4.21. The van der Waals surface area contributed by atoms with E-state index < -0.39 is 0 Å². The highest BCUT2D eigenvalue weighted by atomic mass is 35.5. The Hall–Kier alpha value is -2.11. The molecule has 120 valence electrons. The highest BCUT2D eigenvalue weighted by Crippen LogP contribution is 2.36. The molecule has 2 aromatic rings. The molecule has 5 nitrogen and oxygen atoms in total. The van der Waals surface area contributed by atoms with Crippen molar-refractivity contribution < 1.29 is 4.79 Å². The number of aryl methyl sites for hydroxylation is 2. The van der Waals surface area contributed by atoms with Crippen molar-refractivity contribution in [2.24, 2.45) is 10.2 Å². The van der Waals surface area contributed by atoms with Crippen molar-refractivity contribution in [2.45, 2.75) is 20.8 Å². The number of nitrogens with one attached hydrogen (secondary N) is 1. The molecule has 0 fully saturated rings. The fraction of sp³-hybridized carbons (Fsp3) is 0.188. The summed E-state index contributed by atoms with van der Waals surface area (Å²) in [6.45, 7) is 5.19. The smallest absolute Gasteiger partial charge is 0.221 e. The lowest BCUT2D eigenvalue weighted by molar-refractivity contribution is -0.114. The summed E-state index contributed by atoms with van der Waals surface area (Å²) in [7, 11) is 0. The summed E-state index contributed by atoms with van der Waals surface area (Å²) in [5.74, 6) is -0.254. The van der Waals surface area contributed by atoms with Crippen LogP contribution in [0, 0.1) is 13.8 Å². The number of nitrogens with two attached hydrogens (primary N) is 1. The molecule has 0 radical (unpaired) electrons. The summed E-state index contributed by atoms with van der Waals surface area (Å²) in [4.78, 5) is 11.1. The van der Waals surface area contributed by atoms with Gasteiger partial charge in [0.05, 0.1) is 27.1 Å². The maximum absolute atomic E-state index is 11.1. The maximum Gasteiger partial charge on any atom is 0.221 e. The lowest BCUT2D eigenvalue weighted by Crippen LogP contribution is -2.06. The topological polar surface area (TPSA) is 79.8 Å². The van der Waals surface area contributed by atoms with Gasteiger partial charge in [0.2, 0.25) is 5.91 Å². The lowest BCUT2D eigenvalue weighted by atomic mass is 10.1. The molecule has 2 aromatic carbocycles. The van der Waals surface area contributed by atoms with Crippen LogP contribution in [0.3, 0.4) is 0 Å². The molecule has 0 heterocycles. The normalized spacial score (nSPS) is 11.0. The zero-order valence-corrected chi connectivity index (χ0v) is 14.5. The zero-order valence-electron chi connectivity index (χ0n) is 12.9. The van der Waals surface area contributed by atoms with E-state index in [0.717, 1.165) is 16.8 Å². The first-order valence-electron chi connectivity index (χ1n) is 6.83. The van der Waals surface area contributed by atoms with Crippen LogP contribution in [0.2, 0.25) is 10.0 Å². The van der Waals surface area contributed by atoms with Crippen molar-refractivity contribution in [3.63, 3.8) is 0 Å². The molecule has 0 saturated heterocycles. The van der Waals surface area contributed by atoms with Crippen molar-refractivity contribution in [3.8, 4) is 0 Å². The van der Waals surface area contributed by atoms with Gasteiger partial charge < -0.3 is 11.1 Å². The van der Waals surface area contributed by atoms with Crippen molar-refractivity contribution >= 4 is 51.9 Å². The van der Waals surface area contributed by atoms with Gasteiger partial charge in [-0.25, -0.2) is 0 Å². The molecule has 0 aliphatic heterocycles. The second-order valence-corrected chi connectivity index (χ2v) is 5.98. The number of halogens is 2. The van der Waals surface area contributed by atoms with Crippen LogP contribution in [0.25, 0.3) is 0 Å². The zero-order chi connectivity index (χ0) is 17.1. The van der Waals surface area contributed by atoms with Crippen molar-refractivity contribution in [1.82, 2.24) is 0 Å². The number of carbonyl (C=O) groups excluding carboxylic acids is 1. The molecule has 0 spiro atoms. The summed E-state index contributed by atoms with van der Waals surface area (Å²) in [6, 6.07) is 6.88. The van der Waals surface area contributed by atoms with E-state index in [1.54, 1.807) is 12.1 Å². The van der Waals surface area contributed by atoms with E-state index >= 15 is 0 Å². The van der Waals surface area contributed by atoms with Crippen LogP contribution >= 0.6 is 23.2 Å². The van der Waals surface area contributed by atoms with Crippen LogP contribution in [0.1, 0.15) is 18.1 Å². The summed E-state index contributed by atoms with van der Waals surface area (Å²) in [5, 5.41) is 11.5. The molecule has 3 N–H and O–H groups in total. The molecule has 0 unspecified atom stereocenters. The minimum atomic E-state index is -0.254. The lowest BCUT2D eigenvalue weighted by Gasteiger charge is -2.08. The molecule has 0 aliphatic rings. The first kappa shape index (κ1) is 17.2. The minimum absolute atomic E-state index is 0.254. The number of hydrogen-bond acceptors (Lipinski definition) is 4. The highest BCUT2D eigenvalue weighted by molar-refractivity contribution is 6.40. The molecule has 0 aromatic heterocycles. The van der Waals surface area contributed by atoms with Crippen molar-refractivity contribution in [3.05, 3.63) is 45.4 Å². The third-order valence-corrected chi connectivity index (χ3v) is 3.78. The number of amides is 1. The Morgan fingerprint density at radius 3 is 2.22 bits per heavy atom. The Bertz CT molecular complexity index is 780. The van der Waals surface area contributed by atoms with Gasteiger partial charge in [0.15, 0.2) is 0 Å². The van der Waals surface area contributed by atoms with Gasteiger partial charge in [0.25, 0.3) is 0 Å². The summed E-state index contributed by atoms with van der Waals surface area (Å²) >= 11 is 12.2. The van der Waals surface area contributed by atoms with E-state index in [1.807, 2.05) is 26.0 Å². The van der Waals surface area contributed by atoms with Crippen LogP contribution in [-0.4, -0.2) is 5.91 Å². The average molecular weight is 351 g/mol. The maximum atomic E-state index is 11.1. The fourth-order valence-electron chi connectivity index (χ4n) is 1.96. The second kappa shape index (κ2) is 6.98. The van der Waals surface area contributed by atoms with E-state index in [1.165, 1.54) is 6.92 Å². The third-order valence-electron chi connectivity index (χ3n) is 3.19. The van der Waals surface area contributed by atoms with Gasteiger partial charge in [-0.1, -0.05) is 23.2 Å². The predicted octanol–water partition coefficient (Wildman–Crippen LogP) is 5.57. The molecule has 7 heteroatoms. The number of nitrogen functional groups attached to an aromatic ring is 1. The van der Waals surface area contributed by atoms with Gasteiger partial charge in [-0.15, -0.1) is 0 Å².